The molecule has 0 saturated carbocycles. The van der Waals surface area contributed by atoms with Crippen molar-refractivity contribution >= 4 is 49.3 Å². The lowest BCUT2D eigenvalue weighted by Crippen LogP contribution is -2.50. The van der Waals surface area contributed by atoms with E-state index in [1.807, 2.05) is 60.7 Å². The number of nitrogens with one attached hydrogen (secondary N) is 1. The van der Waals surface area contributed by atoms with Crippen LogP contribution in [0, 0.1) is 0 Å². The molecule has 1 fully saturated rings. The fourth-order valence-corrected chi connectivity index (χ4v) is 6.36. The summed E-state index contributed by atoms with van der Waals surface area (Å²) in [5.41, 5.74) is 3.81. The average molecular weight is 531 g/mol. The van der Waals surface area contributed by atoms with E-state index in [1.165, 1.54) is 16.4 Å². The summed E-state index contributed by atoms with van der Waals surface area (Å²) >= 11 is 5.91. The highest BCUT2D eigenvalue weighted by Gasteiger charge is 2.31. The topological polar surface area (TPSA) is 86.4 Å². The molecule has 1 aliphatic heterocycles. The molecule has 1 aliphatic rings. The molecule has 3 aromatic carbocycles. The highest BCUT2D eigenvalue weighted by molar-refractivity contribution is 7.89. The molecular formula is C28H23ClN4O3S. The number of piperazine rings is 1. The number of pyridine rings is 1. The van der Waals surface area contributed by atoms with E-state index < -0.39 is 10.0 Å². The van der Waals surface area contributed by atoms with Crippen LogP contribution in [0.25, 0.3) is 33.1 Å². The van der Waals surface area contributed by atoms with E-state index in [0.717, 1.165) is 27.4 Å². The van der Waals surface area contributed by atoms with Gasteiger partial charge in [-0.2, -0.15) is 4.31 Å². The number of aromatic nitrogens is 2. The maximum atomic E-state index is 13.6. The predicted octanol–water partition coefficient (Wildman–Crippen LogP) is 5.18. The lowest BCUT2D eigenvalue weighted by atomic mass is 10.1. The maximum absolute atomic E-state index is 13.6. The number of hydrogen-bond acceptors (Lipinski definition) is 4. The Morgan fingerprint density at radius 2 is 1.51 bits per heavy atom. The van der Waals surface area contributed by atoms with Gasteiger partial charge < -0.3 is 9.88 Å². The summed E-state index contributed by atoms with van der Waals surface area (Å²) in [5.74, 6) is -0.215. The summed E-state index contributed by atoms with van der Waals surface area (Å²) in [6, 6.07) is 25.7. The zero-order chi connectivity index (χ0) is 25.6. The van der Waals surface area contributed by atoms with E-state index in [4.69, 9.17) is 16.6 Å². The van der Waals surface area contributed by atoms with Crippen LogP contribution in [-0.4, -0.2) is 59.7 Å². The third kappa shape index (κ3) is 4.27. The van der Waals surface area contributed by atoms with Crippen LogP contribution in [0.4, 0.5) is 0 Å². The van der Waals surface area contributed by atoms with Gasteiger partial charge in [-0.25, -0.2) is 13.4 Å². The van der Waals surface area contributed by atoms with Crippen LogP contribution in [0.1, 0.15) is 10.5 Å². The zero-order valence-corrected chi connectivity index (χ0v) is 21.3. The quantitative estimate of drug-likeness (QED) is 0.347. The molecule has 0 bridgehead atoms. The summed E-state index contributed by atoms with van der Waals surface area (Å²) in [7, 11) is -3.66. The number of hydrogen-bond donors (Lipinski definition) is 1. The monoisotopic (exact) mass is 530 g/mol. The minimum absolute atomic E-state index is 0.190. The van der Waals surface area contributed by atoms with Gasteiger partial charge >= 0.3 is 0 Å². The fraction of sp³-hybridized carbons (Fsp3) is 0.143. The van der Waals surface area contributed by atoms with Crippen LogP contribution in [0.15, 0.2) is 89.8 Å². The molecule has 0 aliphatic carbocycles. The van der Waals surface area contributed by atoms with Crippen molar-refractivity contribution in [2.24, 2.45) is 0 Å². The highest BCUT2D eigenvalue weighted by atomic mass is 35.5. The molecule has 37 heavy (non-hydrogen) atoms. The SMILES string of the molecule is O=C(c1cc2c([nH]c3ccccc32)c(-c2ccccc2)n1)N1CCN(S(=O)(=O)c2ccc(Cl)cc2)CC1. The molecule has 2 aromatic heterocycles. The van der Waals surface area contributed by atoms with E-state index >= 15 is 0 Å². The molecule has 186 valence electrons. The largest absolute Gasteiger partial charge is 0.353 e. The first-order valence-electron chi connectivity index (χ1n) is 11.9. The summed E-state index contributed by atoms with van der Waals surface area (Å²) < 4.78 is 27.5. The van der Waals surface area contributed by atoms with Gasteiger partial charge in [0, 0.05) is 53.1 Å². The van der Waals surface area contributed by atoms with Crippen LogP contribution in [0.5, 0.6) is 0 Å². The molecule has 0 radical (unpaired) electrons. The first kappa shape index (κ1) is 23.7. The molecule has 6 rings (SSSR count). The Morgan fingerprint density at radius 3 is 2.24 bits per heavy atom. The van der Waals surface area contributed by atoms with E-state index in [2.05, 4.69) is 4.98 Å². The van der Waals surface area contributed by atoms with Crippen molar-refractivity contribution in [1.29, 1.82) is 0 Å². The Kier molecular flexibility index (Phi) is 5.95. The lowest BCUT2D eigenvalue weighted by Gasteiger charge is -2.34. The zero-order valence-electron chi connectivity index (χ0n) is 19.8. The van der Waals surface area contributed by atoms with Crippen molar-refractivity contribution in [3.8, 4) is 11.3 Å². The second kappa shape index (κ2) is 9.30. The van der Waals surface area contributed by atoms with E-state index in [-0.39, 0.29) is 37.0 Å². The molecule has 7 nitrogen and oxygen atoms in total. The predicted molar refractivity (Wildman–Crippen MR) is 145 cm³/mol. The number of sulfonamides is 1. The van der Waals surface area contributed by atoms with Gasteiger partial charge in [0.05, 0.1) is 16.1 Å². The molecule has 1 amide bonds. The fourth-order valence-electron chi connectivity index (χ4n) is 4.81. The van der Waals surface area contributed by atoms with Crippen molar-refractivity contribution in [1.82, 2.24) is 19.2 Å². The third-order valence-corrected chi connectivity index (χ3v) is 8.90. The minimum Gasteiger partial charge on any atom is -0.353 e. The average Bonchev–Trinajstić information content (AvgIpc) is 3.31. The van der Waals surface area contributed by atoms with Gasteiger partial charge in [-0.3, -0.25) is 4.79 Å². The number of carbonyl (C=O) groups is 1. The van der Waals surface area contributed by atoms with E-state index in [0.29, 0.717) is 16.4 Å². The second-order valence-corrected chi connectivity index (χ2v) is 11.3. The van der Waals surface area contributed by atoms with E-state index in [9.17, 15) is 13.2 Å². The van der Waals surface area contributed by atoms with Crippen molar-refractivity contribution in [3.63, 3.8) is 0 Å². The second-order valence-electron chi connectivity index (χ2n) is 8.97. The number of carbonyl (C=O) groups excluding carboxylic acids is 1. The third-order valence-electron chi connectivity index (χ3n) is 6.74. The number of rotatable bonds is 4. The molecule has 0 atom stereocenters. The van der Waals surface area contributed by atoms with Gasteiger partial charge in [-0.15, -0.1) is 0 Å². The Morgan fingerprint density at radius 1 is 0.838 bits per heavy atom. The number of para-hydroxylation sites is 1. The number of halogens is 1. The standard InChI is InChI=1S/C28H23ClN4O3S/c29-20-10-12-21(13-11-20)37(35,36)33-16-14-32(15-17-33)28(34)25-18-23-22-8-4-5-9-24(22)30-27(23)26(31-25)19-6-2-1-3-7-19/h1-13,18,30H,14-17H2. The van der Waals surface area contributed by atoms with Gasteiger partial charge in [-0.05, 0) is 36.4 Å². The number of aromatic amines is 1. The molecular weight excluding hydrogens is 508 g/mol. The number of amides is 1. The maximum Gasteiger partial charge on any atom is 0.272 e. The van der Waals surface area contributed by atoms with Crippen LogP contribution < -0.4 is 0 Å². The molecule has 3 heterocycles. The molecule has 9 heteroatoms. The Balaban J connectivity index is 1.32. The van der Waals surface area contributed by atoms with E-state index in [1.54, 1.807) is 17.0 Å². The Labute approximate surface area is 219 Å². The first-order chi connectivity index (χ1) is 17.9. The summed E-state index contributed by atoms with van der Waals surface area (Å²) in [6.07, 6.45) is 0. The van der Waals surface area contributed by atoms with Crippen molar-refractivity contribution < 1.29 is 13.2 Å². The first-order valence-corrected chi connectivity index (χ1v) is 13.8. The van der Waals surface area contributed by atoms with Gasteiger partial charge in [0.2, 0.25) is 10.0 Å². The van der Waals surface area contributed by atoms with Crippen LogP contribution in [-0.2, 0) is 10.0 Å². The molecule has 1 saturated heterocycles. The van der Waals surface area contributed by atoms with Gasteiger partial charge in [0.25, 0.3) is 5.91 Å². The number of nitrogens with zero attached hydrogens (tertiary/aromatic N) is 3. The van der Waals surface area contributed by atoms with Crippen LogP contribution in [0.3, 0.4) is 0 Å². The van der Waals surface area contributed by atoms with Gasteiger partial charge in [0.1, 0.15) is 5.69 Å². The Bertz CT molecular complexity index is 1730. The number of H-pyrrole nitrogens is 1. The van der Waals surface area contributed by atoms with Crippen LogP contribution in [0.2, 0.25) is 5.02 Å². The minimum atomic E-state index is -3.66. The summed E-state index contributed by atoms with van der Waals surface area (Å²) in [5, 5.41) is 2.42. The van der Waals surface area contributed by atoms with Crippen molar-refractivity contribution in [2.45, 2.75) is 4.90 Å². The highest BCUT2D eigenvalue weighted by Crippen LogP contribution is 2.33. The normalized spacial score (nSPS) is 14.9. The summed E-state index contributed by atoms with van der Waals surface area (Å²) in [6.45, 7) is 0.967. The van der Waals surface area contributed by atoms with Crippen molar-refractivity contribution in [2.75, 3.05) is 26.2 Å². The smallest absolute Gasteiger partial charge is 0.272 e. The molecule has 5 aromatic rings. The molecule has 1 N–H and O–H groups in total. The Hall–Kier alpha value is -3.72. The molecule has 0 unspecified atom stereocenters. The summed E-state index contributed by atoms with van der Waals surface area (Å²) in [4.78, 5) is 23.7. The van der Waals surface area contributed by atoms with Crippen LogP contribution >= 0.6 is 11.6 Å². The number of fused-ring (bicyclic) bond motifs is 3. The number of benzene rings is 3. The van der Waals surface area contributed by atoms with Crippen molar-refractivity contribution in [3.05, 3.63) is 95.6 Å². The van der Waals surface area contributed by atoms with Gasteiger partial charge in [-0.1, -0.05) is 60.1 Å². The van der Waals surface area contributed by atoms with Gasteiger partial charge in [0.15, 0.2) is 0 Å². The molecule has 0 spiro atoms. The lowest BCUT2D eigenvalue weighted by molar-refractivity contribution is 0.0692.